The van der Waals surface area contributed by atoms with E-state index in [2.05, 4.69) is 15.0 Å². The Morgan fingerprint density at radius 1 is 1.16 bits per heavy atom. The smallest absolute Gasteiger partial charge is 0.263 e. The second-order valence-electron chi connectivity index (χ2n) is 8.89. The molecule has 1 saturated heterocycles. The van der Waals surface area contributed by atoms with E-state index in [1.807, 2.05) is 32.6 Å². The third-order valence-electron chi connectivity index (χ3n) is 6.32. The largest absolute Gasteiger partial charge is 0.351 e. The van der Waals surface area contributed by atoms with Crippen molar-refractivity contribution in [3.8, 4) is 0 Å². The number of nitrogens with zero attached hydrogens (tertiary/aromatic N) is 2. The van der Waals surface area contributed by atoms with Gasteiger partial charge in [0, 0.05) is 30.6 Å². The fourth-order valence-corrected chi connectivity index (χ4v) is 5.55. The number of hydrogen-bond donors (Lipinski definition) is 2. The molecule has 0 spiro atoms. The topological polar surface area (TPSA) is 108 Å². The second kappa shape index (κ2) is 10.0. The minimum absolute atomic E-state index is 0.0257. The maximum absolute atomic E-state index is 13.1. The van der Waals surface area contributed by atoms with E-state index in [1.165, 1.54) is 6.07 Å². The predicted molar refractivity (Wildman–Crippen MR) is 124 cm³/mol. The molecule has 0 radical (unpaired) electrons. The SMILES string of the molecule is CCC(CC)C(=O)N1CCC(NC(=O)[C@@H](N=C2NS(=O)(=O)c3ccccc32)C(C)C)CC1. The van der Waals surface area contributed by atoms with Crippen molar-refractivity contribution in [2.24, 2.45) is 16.8 Å². The van der Waals surface area contributed by atoms with Gasteiger partial charge in [-0.2, -0.15) is 0 Å². The molecule has 8 nitrogen and oxygen atoms in total. The number of nitrogens with one attached hydrogen (secondary N) is 2. The average molecular weight is 463 g/mol. The normalized spacial score (nSPS) is 20.3. The molecule has 2 aliphatic rings. The number of rotatable bonds is 7. The maximum atomic E-state index is 13.1. The molecule has 9 heteroatoms. The quantitative estimate of drug-likeness (QED) is 0.648. The highest BCUT2D eigenvalue weighted by atomic mass is 32.2. The van der Waals surface area contributed by atoms with E-state index in [-0.39, 0.29) is 40.4 Å². The lowest BCUT2D eigenvalue weighted by Gasteiger charge is -2.34. The average Bonchev–Trinajstić information content (AvgIpc) is 3.03. The van der Waals surface area contributed by atoms with E-state index in [0.717, 1.165) is 12.8 Å². The van der Waals surface area contributed by atoms with Gasteiger partial charge in [-0.1, -0.05) is 39.8 Å². The van der Waals surface area contributed by atoms with Gasteiger partial charge in [-0.05, 0) is 43.7 Å². The lowest BCUT2D eigenvalue weighted by atomic mass is 9.97. The van der Waals surface area contributed by atoms with Crippen molar-refractivity contribution < 1.29 is 18.0 Å². The molecule has 3 rings (SSSR count). The summed E-state index contributed by atoms with van der Waals surface area (Å²) in [5.74, 6) is 0.149. The number of amides is 2. The summed E-state index contributed by atoms with van der Waals surface area (Å²) in [6.45, 7) is 9.12. The number of benzene rings is 1. The molecule has 1 atom stereocenters. The van der Waals surface area contributed by atoms with Crippen LogP contribution in [0.2, 0.25) is 0 Å². The third kappa shape index (κ3) is 5.14. The molecule has 176 valence electrons. The van der Waals surface area contributed by atoms with E-state index < -0.39 is 16.1 Å². The van der Waals surface area contributed by atoms with Gasteiger partial charge in [0.2, 0.25) is 11.8 Å². The monoisotopic (exact) mass is 462 g/mol. The molecule has 2 heterocycles. The number of aliphatic imine (C=N–C) groups is 1. The van der Waals surface area contributed by atoms with Crippen molar-refractivity contribution in [2.45, 2.75) is 70.4 Å². The van der Waals surface area contributed by atoms with Crippen LogP contribution in [0.25, 0.3) is 0 Å². The summed E-state index contributed by atoms with van der Waals surface area (Å²) in [7, 11) is -3.65. The number of fused-ring (bicyclic) bond motifs is 1. The van der Waals surface area contributed by atoms with Gasteiger partial charge < -0.3 is 10.2 Å². The highest BCUT2D eigenvalue weighted by Crippen LogP contribution is 2.24. The van der Waals surface area contributed by atoms with E-state index in [1.54, 1.807) is 18.2 Å². The van der Waals surface area contributed by atoms with Gasteiger partial charge in [0.1, 0.15) is 11.9 Å². The Bertz CT molecular complexity index is 977. The minimum atomic E-state index is -3.65. The van der Waals surface area contributed by atoms with E-state index in [4.69, 9.17) is 0 Å². The third-order valence-corrected chi connectivity index (χ3v) is 7.72. The van der Waals surface area contributed by atoms with Crippen LogP contribution in [0.3, 0.4) is 0 Å². The summed E-state index contributed by atoms with van der Waals surface area (Å²) >= 11 is 0. The van der Waals surface area contributed by atoms with Crippen molar-refractivity contribution in [3.63, 3.8) is 0 Å². The predicted octanol–water partition coefficient (Wildman–Crippen LogP) is 2.29. The lowest BCUT2D eigenvalue weighted by molar-refractivity contribution is -0.137. The Morgan fingerprint density at radius 3 is 2.38 bits per heavy atom. The van der Waals surface area contributed by atoms with Crippen LogP contribution in [0.1, 0.15) is 58.9 Å². The van der Waals surface area contributed by atoms with Crippen LogP contribution in [0, 0.1) is 11.8 Å². The summed E-state index contributed by atoms with van der Waals surface area (Å²) in [5.41, 5.74) is 0.485. The lowest BCUT2D eigenvalue weighted by Crippen LogP contribution is -2.50. The molecule has 0 aliphatic carbocycles. The molecular weight excluding hydrogens is 428 g/mol. The number of sulfonamides is 1. The molecule has 0 unspecified atom stereocenters. The highest BCUT2D eigenvalue weighted by Gasteiger charge is 2.34. The molecule has 1 aromatic carbocycles. The fraction of sp³-hybridized carbons (Fsp3) is 0.609. The van der Waals surface area contributed by atoms with Crippen molar-refractivity contribution in [1.82, 2.24) is 14.9 Å². The van der Waals surface area contributed by atoms with E-state index in [9.17, 15) is 18.0 Å². The van der Waals surface area contributed by atoms with Crippen LogP contribution in [0.15, 0.2) is 34.2 Å². The Morgan fingerprint density at radius 2 is 1.78 bits per heavy atom. The maximum Gasteiger partial charge on any atom is 0.263 e. The summed E-state index contributed by atoms with van der Waals surface area (Å²) in [4.78, 5) is 32.3. The molecular formula is C23H34N4O4S. The van der Waals surface area contributed by atoms with Crippen molar-refractivity contribution in [2.75, 3.05) is 13.1 Å². The molecule has 32 heavy (non-hydrogen) atoms. The van der Waals surface area contributed by atoms with Gasteiger partial charge in [0.25, 0.3) is 10.0 Å². The first-order chi connectivity index (χ1) is 15.2. The molecule has 0 aromatic heterocycles. The second-order valence-corrected chi connectivity index (χ2v) is 10.5. The Labute approximate surface area is 190 Å². The molecule has 1 fully saturated rings. The van der Waals surface area contributed by atoms with E-state index in [0.29, 0.717) is 31.5 Å². The molecule has 2 N–H and O–H groups in total. The summed E-state index contributed by atoms with van der Waals surface area (Å²) in [6.07, 6.45) is 3.09. The van der Waals surface area contributed by atoms with Crippen molar-refractivity contribution >= 4 is 27.7 Å². The van der Waals surface area contributed by atoms with Crippen LogP contribution in [0.5, 0.6) is 0 Å². The van der Waals surface area contributed by atoms with Gasteiger partial charge in [-0.15, -0.1) is 0 Å². The zero-order valence-corrected chi connectivity index (χ0v) is 20.1. The van der Waals surface area contributed by atoms with Gasteiger partial charge >= 0.3 is 0 Å². The fourth-order valence-electron chi connectivity index (χ4n) is 4.31. The summed E-state index contributed by atoms with van der Waals surface area (Å²) < 4.78 is 27.2. The molecule has 2 aliphatic heterocycles. The Balaban J connectivity index is 1.67. The number of amidine groups is 1. The van der Waals surface area contributed by atoms with Crippen LogP contribution >= 0.6 is 0 Å². The standard InChI is InChI=1S/C23H34N4O4S/c1-5-16(6-2)23(29)27-13-11-17(12-14-27)24-22(28)20(15(3)4)25-21-18-9-7-8-10-19(18)32(30,31)26-21/h7-10,15-17,20H,5-6,11-14H2,1-4H3,(H,24,28)(H,25,26)/t20-/m0/s1. The van der Waals surface area contributed by atoms with Crippen LogP contribution in [-0.4, -0.2) is 56.1 Å². The van der Waals surface area contributed by atoms with Gasteiger partial charge in [0.15, 0.2) is 0 Å². The first kappa shape index (κ1) is 24.2. The number of likely N-dealkylation sites (tertiary alicyclic amines) is 1. The summed E-state index contributed by atoms with van der Waals surface area (Å²) in [6, 6.07) is 5.88. The van der Waals surface area contributed by atoms with Gasteiger partial charge in [-0.3, -0.25) is 19.3 Å². The number of carbonyl (C=O) groups is 2. The Kier molecular flexibility index (Phi) is 7.59. The minimum Gasteiger partial charge on any atom is -0.351 e. The zero-order valence-electron chi connectivity index (χ0n) is 19.3. The first-order valence-corrected chi connectivity index (χ1v) is 12.9. The van der Waals surface area contributed by atoms with Crippen LogP contribution in [-0.2, 0) is 19.6 Å². The number of hydrogen-bond acceptors (Lipinski definition) is 5. The number of piperidine rings is 1. The molecule has 0 bridgehead atoms. The zero-order chi connectivity index (χ0) is 23.5. The van der Waals surface area contributed by atoms with Crippen LogP contribution < -0.4 is 10.0 Å². The molecule has 1 aromatic rings. The first-order valence-electron chi connectivity index (χ1n) is 11.5. The molecule has 0 saturated carbocycles. The van der Waals surface area contributed by atoms with Crippen molar-refractivity contribution in [1.29, 1.82) is 0 Å². The number of carbonyl (C=O) groups excluding carboxylic acids is 2. The van der Waals surface area contributed by atoms with Crippen LogP contribution in [0.4, 0.5) is 0 Å². The van der Waals surface area contributed by atoms with Gasteiger partial charge in [-0.25, -0.2) is 8.42 Å². The Hall–Kier alpha value is -2.42. The molecule has 2 amide bonds. The highest BCUT2D eigenvalue weighted by molar-refractivity contribution is 7.90. The van der Waals surface area contributed by atoms with Gasteiger partial charge in [0.05, 0.1) is 4.90 Å². The summed E-state index contributed by atoms with van der Waals surface area (Å²) in [5, 5.41) is 3.07. The van der Waals surface area contributed by atoms with E-state index >= 15 is 0 Å². The van der Waals surface area contributed by atoms with Crippen molar-refractivity contribution in [3.05, 3.63) is 29.8 Å².